The lowest BCUT2D eigenvalue weighted by molar-refractivity contribution is 0.0953. The molecule has 0 aliphatic rings. The van der Waals surface area contributed by atoms with Gasteiger partial charge in [0.1, 0.15) is 5.82 Å². The number of carbonyl (C=O) groups is 1. The van der Waals surface area contributed by atoms with Crippen molar-refractivity contribution in [3.63, 3.8) is 0 Å². The van der Waals surface area contributed by atoms with Crippen molar-refractivity contribution in [2.75, 3.05) is 12.3 Å². The number of amides is 1. The predicted molar refractivity (Wildman–Crippen MR) is 77.8 cm³/mol. The molecule has 0 bridgehead atoms. The standard InChI is InChI=1S/C13H14BrFN4O/c1-19-8(3-5-18-19)2-4-17-13(20)9-6-12(16)11(15)7-10(9)14/h3,5-7H,2,4,16H2,1H3,(H,17,20). The van der Waals surface area contributed by atoms with Crippen molar-refractivity contribution >= 4 is 27.5 Å². The molecule has 1 aromatic heterocycles. The van der Waals surface area contributed by atoms with E-state index in [1.165, 1.54) is 12.1 Å². The van der Waals surface area contributed by atoms with E-state index >= 15 is 0 Å². The van der Waals surface area contributed by atoms with Crippen LogP contribution in [0.5, 0.6) is 0 Å². The van der Waals surface area contributed by atoms with Crippen molar-refractivity contribution in [2.24, 2.45) is 7.05 Å². The fourth-order valence-corrected chi connectivity index (χ4v) is 2.28. The lowest BCUT2D eigenvalue weighted by Gasteiger charge is -2.08. The third kappa shape index (κ3) is 3.16. The zero-order chi connectivity index (χ0) is 14.7. The second-order valence-electron chi connectivity index (χ2n) is 4.31. The molecule has 5 nitrogen and oxygen atoms in total. The first-order valence-corrected chi connectivity index (χ1v) is 6.78. The summed E-state index contributed by atoms with van der Waals surface area (Å²) in [7, 11) is 1.84. The largest absolute Gasteiger partial charge is 0.396 e. The first-order valence-electron chi connectivity index (χ1n) is 5.98. The minimum atomic E-state index is -0.552. The molecule has 0 aliphatic heterocycles. The number of rotatable bonds is 4. The normalized spacial score (nSPS) is 10.6. The summed E-state index contributed by atoms with van der Waals surface area (Å²) in [5.74, 6) is -0.853. The number of halogens is 2. The summed E-state index contributed by atoms with van der Waals surface area (Å²) in [5.41, 5.74) is 6.75. The third-order valence-corrected chi connectivity index (χ3v) is 3.58. The summed E-state index contributed by atoms with van der Waals surface area (Å²) in [6, 6.07) is 4.39. The first-order chi connectivity index (χ1) is 9.49. The lowest BCUT2D eigenvalue weighted by Crippen LogP contribution is -2.26. The van der Waals surface area contributed by atoms with Crippen molar-refractivity contribution in [1.82, 2.24) is 15.1 Å². The molecule has 0 saturated heterocycles. The molecule has 0 fully saturated rings. The second-order valence-corrected chi connectivity index (χ2v) is 5.16. The Hall–Kier alpha value is -1.89. The summed E-state index contributed by atoms with van der Waals surface area (Å²) >= 11 is 3.15. The van der Waals surface area contributed by atoms with Crippen LogP contribution in [0.3, 0.4) is 0 Å². The van der Waals surface area contributed by atoms with Gasteiger partial charge < -0.3 is 11.1 Å². The van der Waals surface area contributed by atoms with Gasteiger partial charge in [-0.3, -0.25) is 9.48 Å². The van der Waals surface area contributed by atoms with Gasteiger partial charge in [0, 0.05) is 36.4 Å². The van der Waals surface area contributed by atoms with Gasteiger partial charge >= 0.3 is 0 Å². The molecule has 0 aliphatic carbocycles. The van der Waals surface area contributed by atoms with Gasteiger partial charge in [-0.1, -0.05) is 0 Å². The number of aromatic nitrogens is 2. The minimum Gasteiger partial charge on any atom is -0.396 e. The van der Waals surface area contributed by atoms with Crippen molar-refractivity contribution in [2.45, 2.75) is 6.42 Å². The summed E-state index contributed by atoms with van der Waals surface area (Å²) in [6.07, 6.45) is 2.37. The molecule has 0 spiro atoms. The molecule has 3 N–H and O–H groups in total. The van der Waals surface area contributed by atoms with Crippen LogP contribution in [0, 0.1) is 5.82 Å². The van der Waals surface area contributed by atoms with Crippen LogP contribution in [0.25, 0.3) is 0 Å². The molecule has 0 atom stereocenters. The highest BCUT2D eigenvalue weighted by molar-refractivity contribution is 9.10. The van der Waals surface area contributed by atoms with Crippen molar-refractivity contribution in [3.05, 3.63) is 45.9 Å². The summed E-state index contributed by atoms with van der Waals surface area (Å²) in [5, 5.41) is 6.81. The van der Waals surface area contributed by atoms with Crippen LogP contribution in [0.15, 0.2) is 28.9 Å². The number of nitrogen functional groups attached to an aromatic ring is 1. The van der Waals surface area contributed by atoms with E-state index in [0.29, 0.717) is 23.0 Å². The number of anilines is 1. The Morgan fingerprint density at radius 3 is 2.95 bits per heavy atom. The Morgan fingerprint density at radius 2 is 2.30 bits per heavy atom. The number of hydrogen-bond donors (Lipinski definition) is 2. The topological polar surface area (TPSA) is 72.9 Å². The SMILES string of the molecule is Cn1nccc1CCNC(=O)c1cc(N)c(F)cc1Br. The smallest absolute Gasteiger partial charge is 0.252 e. The van der Waals surface area contributed by atoms with E-state index in [2.05, 4.69) is 26.3 Å². The number of nitrogens with two attached hydrogens (primary N) is 1. The van der Waals surface area contributed by atoms with Crippen LogP contribution in [-0.2, 0) is 13.5 Å². The van der Waals surface area contributed by atoms with E-state index in [-0.39, 0.29) is 11.6 Å². The van der Waals surface area contributed by atoms with Crippen LogP contribution < -0.4 is 11.1 Å². The average molecular weight is 341 g/mol. The second kappa shape index (κ2) is 6.04. The van der Waals surface area contributed by atoms with Gasteiger partial charge in [0.15, 0.2) is 0 Å². The highest BCUT2D eigenvalue weighted by Gasteiger charge is 2.13. The Kier molecular flexibility index (Phi) is 4.39. The van der Waals surface area contributed by atoms with Crippen LogP contribution in [0.1, 0.15) is 16.1 Å². The first kappa shape index (κ1) is 14.5. The number of aryl methyl sites for hydroxylation is 1. The maximum atomic E-state index is 13.2. The monoisotopic (exact) mass is 340 g/mol. The van der Waals surface area contributed by atoms with Crippen molar-refractivity contribution in [3.8, 4) is 0 Å². The van der Waals surface area contributed by atoms with Crippen LogP contribution in [0.4, 0.5) is 10.1 Å². The molecule has 1 aromatic carbocycles. The molecular weight excluding hydrogens is 327 g/mol. The predicted octanol–water partition coefficient (Wildman–Crippen LogP) is 1.88. The van der Waals surface area contributed by atoms with E-state index in [1.807, 2.05) is 13.1 Å². The molecule has 1 amide bonds. The highest BCUT2D eigenvalue weighted by atomic mass is 79.9. The van der Waals surface area contributed by atoms with Crippen molar-refractivity contribution in [1.29, 1.82) is 0 Å². The van der Waals surface area contributed by atoms with Crippen LogP contribution in [-0.4, -0.2) is 22.2 Å². The Morgan fingerprint density at radius 1 is 1.55 bits per heavy atom. The van der Waals surface area contributed by atoms with E-state index in [4.69, 9.17) is 5.73 Å². The van der Waals surface area contributed by atoms with Gasteiger partial charge in [0.2, 0.25) is 0 Å². The Balaban J connectivity index is 1.99. The lowest BCUT2D eigenvalue weighted by atomic mass is 10.2. The van der Waals surface area contributed by atoms with Crippen molar-refractivity contribution < 1.29 is 9.18 Å². The molecule has 1 heterocycles. The number of carbonyl (C=O) groups excluding carboxylic acids is 1. The van der Waals surface area contributed by atoms with Crippen LogP contribution in [0.2, 0.25) is 0 Å². The van der Waals surface area contributed by atoms with E-state index in [0.717, 1.165) is 5.69 Å². The zero-order valence-corrected chi connectivity index (χ0v) is 12.4. The molecule has 20 heavy (non-hydrogen) atoms. The average Bonchev–Trinajstić information content (AvgIpc) is 2.79. The van der Waals surface area contributed by atoms with Gasteiger partial charge in [-0.2, -0.15) is 5.10 Å². The number of hydrogen-bond acceptors (Lipinski definition) is 3. The van der Waals surface area contributed by atoms with E-state index in [9.17, 15) is 9.18 Å². The Labute approximate surface area is 124 Å². The zero-order valence-electron chi connectivity index (χ0n) is 10.9. The van der Waals surface area contributed by atoms with E-state index < -0.39 is 5.82 Å². The summed E-state index contributed by atoms with van der Waals surface area (Å²) in [6.45, 7) is 0.460. The van der Waals surface area contributed by atoms with Gasteiger partial charge in [-0.25, -0.2) is 4.39 Å². The molecular formula is C13H14BrFN4O. The van der Waals surface area contributed by atoms with Gasteiger partial charge in [0.25, 0.3) is 5.91 Å². The highest BCUT2D eigenvalue weighted by Crippen LogP contribution is 2.22. The maximum absolute atomic E-state index is 13.2. The molecule has 7 heteroatoms. The Bertz CT molecular complexity index is 641. The van der Waals surface area contributed by atoms with Gasteiger partial charge in [-0.05, 0) is 34.1 Å². The molecule has 0 unspecified atom stereocenters. The number of benzene rings is 1. The fraction of sp³-hybridized carbons (Fsp3) is 0.231. The van der Waals surface area contributed by atoms with E-state index in [1.54, 1.807) is 10.9 Å². The molecule has 2 rings (SSSR count). The molecule has 0 radical (unpaired) electrons. The molecule has 0 saturated carbocycles. The minimum absolute atomic E-state index is 0.0509. The van der Waals surface area contributed by atoms with Crippen LogP contribution >= 0.6 is 15.9 Å². The number of nitrogens with zero attached hydrogens (tertiary/aromatic N) is 2. The molecule has 106 valence electrons. The van der Waals surface area contributed by atoms with Gasteiger partial charge in [0.05, 0.1) is 11.3 Å². The summed E-state index contributed by atoms with van der Waals surface area (Å²) in [4.78, 5) is 12.0. The third-order valence-electron chi connectivity index (χ3n) is 2.92. The molecule has 2 aromatic rings. The number of nitrogens with one attached hydrogen (secondary N) is 1. The quantitative estimate of drug-likeness (QED) is 0.834. The van der Waals surface area contributed by atoms with Gasteiger partial charge in [-0.15, -0.1) is 0 Å². The summed E-state index contributed by atoms with van der Waals surface area (Å²) < 4.78 is 15.3. The fourth-order valence-electron chi connectivity index (χ4n) is 1.79. The maximum Gasteiger partial charge on any atom is 0.252 e.